The Morgan fingerprint density at radius 3 is 2.58 bits per heavy atom. The number of ether oxygens (including phenoxy) is 2. The number of carbonyl (C=O) groups excluding carboxylic acids is 3. The van der Waals surface area contributed by atoms with Crippen LogP contribution in [-0.4, -0.2) is 53.4 Å². The van der Waals surface area contributed by atoms with Gasteiger partial charge in [0.2, 0.25) is 5.91 Å². The summed E-state index contributed by atoms with van der Waals surface area (Å²) in [6.07, 6.45) is 5.51. The summed E-state index contributed by atoms with van der Waals surface area (Å²) in [4.78, 5) is 42.8. The minimum Gasteiger partial charge on any atom is -0.465 e. The predicted octanol–water partition coefficient (Wildman–Crippen LogP) is 3.21. The van der Waals surface area contributed by atoms with Crippen molar-refractivity contribution >= 4 is 40.3 Å². The second kappa shape index (κ2) is 9.39. The number of para-hydroxylation sites is 1. The van der Waals surface area contributed by atoms with Crippen molar-refractivity contribution in [3.63, 3.8) is 0 Å². The van der Waals surface area contributed by atoms with Gasteiger partial charge in [-0.2, -0.15) is 0 Å². The molecule has 1 amide bonds. The van der Waals surface area contributed by atoms with Gasteiger partial charge in [-0.3, -0.25) is 4.79 Å². The quantitative estimate of drug-likeness (QED) is 0.356. The summed E-state index contributed by atoms with van der Waals surface area (Å²) >= 11 is 5.96. The van der Waals surface area contributed by atoms with Crippen LogP contribution in [0.2, 0.25) is 0 Å². The predicted molar refractivity (Wildman–Crippen MR) is 123 cm³/mol. The lowest BCUT2D eigenvalue weighted by Crippen LogP contribution is -2.52. The molecule has 0 aliphatic carbocycles. The molecule has 2 atom stereocenters. The molecule has 33 heavy (non-hydrogen) atoms. The number of fused-ring (bicyclic) bond motifs is 3. The second-order valence-corrected chi connectivity index (χ2v) is 7.81. The third kappa shape index (κ3) is 4.06. The number of nitrogens with one attached hydrogen (secondary N) is 1. The molecule has 2 aromatic carbocycles. The van der Waals surface area contributed by atoms with E-state index < -0.39 is 29.9 Å². The first kappa shape index (κ1) is 22.4. The number of esters is 2. The molecule has 0 unspecified atom stereocenters. The third-order valence-corrected chi connectivity index (χ3v) is 5.98. The molecule has 0 radical (unpaired) electrons. The Kier molecular flexibility index (Phi) is 6.38. The Labute approximate surface area is 195 Å². The van der Waals surface area contributed by atoms with Crippen LogP contribution in [0.25, 0.3) is 10.9 Å². The van der Waals surface area contributed by atoms with E-state index in [1.807, 2.05) is 24.3 Å². The maximum Gasteiger partial charge on any atom is 0.337 e. The summed E-state index contributed by atoms with van der Waals surface area (Å²) in [6, 6.07) is 12.9. The van der Waals surface area contributed by atoms with E-state index in [2.05, 4.69) is 10.9 Å². The van der Waals surface area contributed by atoms with E-state index in [1.54, 1.807) is 24.3 Å². The number of alkyl halides is 1. The smallest absolute Gasteiger partial charge is 0.337 e. The van der Waals surface area contributed by atoms with Gasteiger partial charge in [0.15, 0.2) is 6.61 Å². The molecule has 1 N–H and O–H groups in total. The van der Waals surface area contributed by atoms with Crippen LogP contribution in [0.5, 0.6) is 0 Å². The maximum atomic E-state index is 13.0. The minimum atomic E-state index is -0.915. The van der Waals surface area contributed by atoms with Crippen LogP contribution in [0.1, 0.15) is 33.2 Å². The first-order valence-corrected chi connectivity index (χ1v) is 10.8. The highest BCUT2D eigenvalue weighted by Gasteiger charge is 2.43. The van der Waals surface area contributed by atoms with Crippen molar-refractivity contribution in [1.82, 2.24) is 9.88 Å². The standard InChI is InChI=1S/C25H21ClN2O5/c1-3-12-33-25(31)20-13-18-17-6-4-5-7-19(17)27-22(18)23(28(20)21(29)14-26)15-8-10-16(11-9-15)24(30)32-2/h1,4-11,20,23,27H,12-14H2,2H3/t20-,23+/m0/s1. The summed E-state index contributed by atoms with van der Waals surface area (Å²) in [6.45, 7) is -0.197. The van der Waals surface area contributed by atoms with E-state index in [-0.39, 0.29) is 18.9 Å². The molecule has 8 heteroatoms. The number of benzene rings is 2. The average Bonchev–Trinajstić information content (AvgIpc) is 3.23. The molecular weight excluding hydrogens is 444 g/mol. The van der Waals surface area contributed by atoms with Gasteiger partial charge in [0, 0.05) is 23.0 Å². The highest BCUT2D eigenvalue weighted by Crippen LogP contribution is 2.41. The van der Waals surface area contributed by atoms with Crippen molar-refractivity contribution in [3.8, 4) is 12.3 Å². The molecule has 0 spiro atoms. The molecule has 2 heterocycles. The lowest BCUT2D eigenvalue weighted by molar-refractivity contribution is -0.155. The normalized spacial score (nSPS) is 17.2. The summed E-state index contributed by atoms with van der Waals surface area (Å²) in [5.41, 5.74) is 3.64. The van der Waals surface area contributed by atoms with E-state index in [9.17, 15) is 14.4 Å². The zero-order chi connectivity index (χ0) is 23.5. The first-order valence-electron chi connectivity index (χ1n) is 10.2. The molecule has 0 fully saturated rings. The molecule has 1 aliphatic rings. The first-order chi connectivity index (χ1) is 16.0. The third-order valence-electron chi connectivity index (χ3n) is 5.75. The highest BCUT2D eigenvalue weighted by molar-refractivity contribution is 6.27. The number of carbonyl (C=O) groups is 3. The van der Waals surface area contributed by atoms with Crippen LogP contribution in [0.3, 0.4) is 0 Å². The van der Waals surface area contributed by atoms with Gasteiger partial charge in [-0.25, -0.2) is 9.59 Å². The van der Waals surface area contributed by atoms with Gasteiger partial charge in [-0.15, -0.1) is 18.0 Å². The molecule has 4 rings (SSSR count). The zero-order valence-corrected chi connectivity index (χ0v) is 18.6. The van der Waals surface area contributed by atoms with Crippen LogP contribution < -0.4 is 0 Å². The number of hydrogen-bond donors (Lipinski definition) is 1. The number of methoxy groups -OCH3 is 1. The van der Waals surface area contributed by atoms with Gasteiger partial charge in [-0.05, 0) is 29.3 Å². The number of H-pyrrole nitrogens is 1. The average molecular weight is 465 g/mol. The van der Waals surface area contributed by atoms with Crippen molar-refractivity contribution in [2.24, 2.45) is 0 Å². The van der Waals surface area contributed by atoms with E-state index in [4.69, 9.17) is 27.5 Å². The van der Waals surface area contributed by atoms with Crippen molar-refractivity contribution in [2.75, 3.05) is 19.6 Å². The molecule has 7 nitrogen and oxygen atoms in total. The van der Waals surface area contributed by atoms with Crippen LogP contribution in [0.4, 0.5) is 0 Å². The fraction of sp³-hybridized carbons (Fsp3) is 0.240. The topological polar surface area (TPSA) is 88.7 Å². The molecule has 1 aliphatic heterocycles. The van der Waals surface area contributed by atoms with Gasteiger partial charge in [0.1, 0.15) is 11.9 Å². The molecule has 3 aromatic rings. The Morgan fingerprint density at radius 2 is 1.91 bits per heavy atom. The number of rotatable bonds is 5. The summed E-state index contributed by atoms with van der Waals surface area (Å²) in [5, 5.41) is 0.955. The Morgan fingerprint density at radius 1 is 1.18 bits per heavy atom. The van der Waals surface area contributed by atoms with Crippen LogP contribution in [0.15, 0.2) is 48.5 Å². The number of halogens is 1. The van der Waals surface area contributed by atoms with E-state index in [0.29, 0.717) is 11.1 Å². The van der Waals surface area contributed by atoms with Crippen molar-refractivity contribution in [1.29, 1.82) is 0 Å². The number of aromatic amines is 1. The second-order valence-electron chi connectivity index (χ2n) is 7.55. The fourth-order valence-electron chi connectivity index (χ4n) is 4.32. The molecule has 0 saturated heterocycles. The van der Waals surface area contributed by atoms with Gasteiger partial charge in [0.25, 0.3) is 0 Å². The van der Waals surface area contributed by atoms with Crippen molar-refractivity contribution in [2.45, 2.75) is 18.5 Å². The Balaban J connectivity index is 1.90. The maximum absolute atomic E-state index is 13.0. The summed E-state index contributed by atoms with van der Waals surface area (Å²) < 4.78 is 10.0. The number of amides is 1. The number of hydrogen-bond acceptors (Lipinski definition) is 5. The number of terminal acetylenes is 1. The molecule has 0 bridgehead atoms. The Hall–Kier alpha value is -3.76. The van der Waals surface area contributed by atoms with Gasteiger partial charge in [-0.1, -0.05) is 36.3 Å². The molecule has 0 saturated carbocycles. The van der Waals surface area contributed by atoms with E-state index in [1.165, 1.54) is 12.0 Å². The zero-order valence-electron chi connectivity index (χ0n) is 17.8. The van der Waals surface area contributed by atoms with E-state index in [0.717, 1.165) is 22.2 Å². The highest BCUT2D eigenvalue weighted by atomic mass is 35.5. The largest absolute Gasteiger partial charge is 0.465 e. The summed E-state index contributed by atoms with van der Waals surface area (Å²) in [5.74, 6) is 0.473. The molecule has 1 aromatic heterocycles. The number of aromatic nitrogens is 1. The molecular formula is C25H21ClN2O5. The van der Waals surface area contributed by atoms with Gasteiger partial charge < -0.3 is 19.4 Å². The molecule has 168 valence electrons. The monoisotopic (exact) mass is 464 g/mol. The Bertz CT molecular complexity index is 1260. The number of nitrogens with zero attached hydrogens (tertiary/aromatic N) is 1. The van der Waals surface area contributed by atoms with Crippen LogP contribution in [-0.2, 0) is 25.5 Å². The van der Waals surface area contributed by atoms with E-state index >= 15 is 0 Å². The van der Waals surface area contributed by atoms with Gasteiger partial charge >= 0.3 is 11.9 Å². The van der Waals surface area contributed by atoms with Crippen LogP contribution >= 0.6 is 11.6 Å². The van der Waals surface area contributed by atoms with Crippen molar-refractivity contribution in [3.05, 3.63) is 70.9 Å². The van der Waals surface area contributed by atoms with Crippen molar-refractivity contribution < 1.29 is 23.9 Å². The SMILES string of the molecule is C#CCOC(=O)[C@@H]1Cc2c([nH]c3ccccc23)[C@@H](c2ccc(C(=O)OC)cc2)N1C(=O)CCl. The lowest BCUT2D eigenvalue weighted by atomic mass is 9.87. The minimum absolute atomic E-state index is 0.197. The summed E-state index contributed by atoms with van der Waals surface area (Å²) in [7, 11) is 1.31. The van der Waals surface area contributed by atoms with Gasteiger partial charge in [0.05, 0.1) is 18.7 Å². The van der Waals surface area contributed by atoms with Crippen LogP contribution in [0, 0.1) is 12.3 Å². The lowest BCUT2D eigenvalue weighted by Gasteiger charge is -2.40. The fourth-order valence-corrected chi connectivity index (χ4v) is 4.46.